The number of rotatable bonds is 9. The second-order valence-corrected chi connectivity index (χ2v) is 12.4. The summed E-state index contributed by atoms with van der Waals surface area (Å²) in [6.45, 7) is 3.09. The Balaban J connectivity index is 1.02. The van der Waals surface area contributed by atoms with E-state index in [-0.39, 0.29) is 17.2 Å². The summed E-state index contributed by atoms with van der Waals surface area (Å²) in [5.41, 5.74) is 5.15. The van der Waals surface area contributed by atoms with Crippen LogP contribution in [0.15, 0.2) is 79.1 Å². The van der Waals surface area contributed by atoms with E-state index in [0.717, 1.165) is 43.5 Å². The lowest BCUT2D eigenvalue weighted by Gasteiger charge is -2.28. The molecule has 0 radical (unpaired) electrons. The number of halogens is 3. The Morgan fingerprint density at radius 1 is 1.05 bits per heavy atom. The highest BCUT2D eigenvalue weighted by atomic mass is 32.2. The lowest BCUT2D eigenvalue weighted by molar-refractivity contribution is -0.274. The van der Waals surface area contributed by atoms with E-state index in [1.165, 1.54) is 52.1 Å². The molecule has 1 aliphatic carbocycles. The third kappa shape index (κ3) is 7.04. The standard InChI is InChI=1S/C33H34F3N5O2S/c1-2-23-5-3-4-6-29(23)40-17-18-44-32(40)38-30(42)20-22-7-8-26(19-22)24-9-11-25(12-10-24)31-37-21-41(39-31)27-13-15-28(16-14-27)43-33(34,35)36/h3-6,9-16,21-22,26,32H,2,7-8,17-20H2,1H3,(H,38,42). The molecule has 3 atom stereocenters. The van der Waals surface area contributed by atoms with E-state index in [1.807, 2.05) is 12.1 Å². The number of para-hydroxylation sites is 1. The molecule has 0 spiro atoms. The predicted octanol–water partition coefficient (Wildman–Crippen LogP) is 7.32. The first kappa shape index (κ1) is 30.1. The minimum Gasteiger partial charge on any atom is -0.406 e. The van der Waals surface area contributed by atoms with Crippen LogP contribution in [-0.2, 0) is 11.2 Å². The summed E-state index contributed by atoms with van der Waals surface area (Å²) < 4.78 is 42.7. The predicted molar refractivity (Wildman–Crippen MR) is 166 cm³/mol. The summed E-state index contributed by atoms with van der Waals surface area (Å²) >= 11 is 1.79. The van der Waals surface area contributed by atoms with Crippen LogP contribution < -0.4 is 15.0 Å². The molecule has 2 aliphatic rings. The highest BCUT2D eigenvalue weighted by Gasteiger charge is 2.32. The molecular formula is C33H34F3N5O2S. The highest BCUT2D eigenvalue weighted by molar-refractivity contribution is 8.00. The van der Waals surface area contributed by atoms with Crippen molar-refractivity contribution >= 4 is 23.4 Å². The maximum Gasteiger partial charge on any atom is 0.573 e. The summed E-state index contributed by atoms with van der Waals surface area (Å²) in [5, 5.41) is 7.79. The van der Waals surface area contributed by atoms with Crippen molar-refractivity contribution in [3.8, 4) is 22.8 Å². The number of benzene rings is 3. The van der Waals surface area contributed by atoms with E-state index in [1.54, 1.807) is 11.8 Å². The van der Waals surface area contributed by atoms with Crippen molar-refractivity contribution in [1.82, 2.24) is 20.1 Å². The van der Waals surface area contributed by atoms with E-state index in [2.05, 4.69) is 68.4 Å². The van der Waals surface area contributed by atoms with Gasteiger partial charge in [0.15, 0.2) is 11.3 Å². The van der Waals surface area contributed by atoms with Gasteiger partial charge in [0.1, 0.15) is 12.1 Å². The van der Waals surface area contributed by atoms with Crippen LogP contribution in [0.25, 0.3) is 17.1 Å². The van der Waals surface area contributed by atoms with Crippen molar-refractivity contribution < 1.29 is 22.7 Å². The maximum atomic E-state index is 13.1. The van der Waals surface area contributed by atoms with E-state index in [9.17, 15) is 18.0 Å². The minimum atomic E-state index is -4.74. The number of anilines is 1. The van der Waals surface area contributed by atoms with Crippen LogP contribution in [0.4, 0.5) is 18.9 Å². The summed E-state index contributed by atoms with van der Waals surface area (Å²) in [6.07, 6.45) is 1.35. The summed E-state index contributed by atoms with van der Waals surface area (Å²) in [6, 6.07) is 22.1. The van der Waals surface area contributed by atoms with E-state index in [0.29, 0.717) is 29.8 Å². The maximum absolute atomic E-state index is 13.1. The molecule has 230 valence electrons. The monoisotopic (exact) mass is 621 g/mol. The van der Waals surface area contributed by atoms with E-state index >= 15 is 0 Å². The molecule has 4 aromatic rings. The number of carbonyl (C=O) groups is 1. The fourth-order valence-electron chi connectivity index (χ4n) is 6.17. The van der Waals surface area contributed by atoms with Gasteiger partial charge in [-0.2, -0.15) is 0 Å². The second kappa shape index (κ2) is 12.9. The number of nitrogens with zero attached hydrogens (tertiary/aromatic N) is 4. The molecule has 1 aliphatic heterocycles. The fourth-order valence-corrected chi connectivity index (χ4v) is 7.31. The molecule has 2 fully saturated rings. The van der Waals surface area contributed by atoms with Gasteiger partial charge < -0.3 is 15.0 Å². The lowest BCUT2D eigenvalue weighted by atomic mass is 9.94. The number of alkyl halides is 3. The Morgan fingerprint density at radius 3 is 2.57 bits per heavy atom. The van der Waals surface area contributed by atoms with Gasteiger partial charge >= 0.3 is 6.36 Å². The van der Waals surface area contributed by atoms with Crippen molar-refractivity contribution in [2.75, 3.05) is 17.2 Å². The molecule has 1 saturated carbocycles. The molecule has 7 nitrogen and oxygen atoms in total. The Kier molecular flexibility index (Phi) is 8.83. The Morgan fingerprint density at radius 2 is 1.82 bits per heavy atom. The van der Waals surface area contributed by atoms with Gasteiger partial charge in [-0.25, -0.2) is 9.67 Å². The smallest absolute Gasteiger partial charge is 0.406 e. The SMILES string of the molecule is CCc1ccccc1N1CCSC1NC(=O)CC1CCC(c2ccc(-c3ncn(-c4ccc(OC(F)(F)F)cc4)n3)cc2)C1. The van der Waals surface area contributed by atoms with Crippen molar-refractivity contribution in [2.45, 2.75) is 56.8 Å². The average Bonchev–Trinajstić information content (AvgIpc) is 3.79. The molecule has 3 aromatic carbocycles. The molecule has 0 bridgehead atoms. The van der Waals surface area contributed by atoms with Gasteiger partial charge in [-0.3, -0.25) is 4.79 Å². The van der Waals surface area contributed by atoms with Crippen molar-refractivity contribution in [3.05, 3.63) is 90.3 Å². The molecular weight excluding hydrogens is 587 g/mol. The van der Waals surface area contributed by atoms with Gasteiger partial charge in [-0.1, -0.05) is 49.4 Å². The van der Waals surface area contributed by atoms with E-state index in [4.69, 9.17) is 0 Å². The van der Waals surface area contributed by atoms with Crippen molar-refractivity contribution in [1.29, 1.82) is 0 Å². The third-order valence-electron chi connectivity index (χ3n) is 8.34. The van der Waals surface area contributed by atoms with Gasteiger partial charge in [0, 0.05) is 30.0 Å². The Labute approximate surface area is 258 Å². The number of amides is 1. The fraction of sp³-hybridized carbons (Fsp3) is 0.364. The number of hydrogen-bond donors (Lipinski definition) is 1. The zero-order valence-electron chi connectivity index (χ0n) is 24.3. The number of thioether (sulfide) groups is 1. The minimum absolute atomic E-state index is 0.0280. The first-order valence-electron chi connectivity index (χ1n) is 14.9. The first-order valence-corrected chi connectivity index (χ1v) is 15.9. The number of hydrogen-bond acceptors (Lipinski definition) is 6. The van der Waals surface area contributed by atoms with Gasteiger partial charge in [0.2, 0.25) is 5.91 Å². The number of carbonyl (C=O) groups excluding carboxylic acids is 1. The molecule has 11 heteroatoms. The molecule has 1 aromatic heterocycles. The summed E-state index contributed by atoms with van der Waals surface area (Å²) in [5.74, 6) is 2.10. The first-order chi connectivity index (χ1) is 21.3. The molecule has 6 rings (SSSR count). The van der Waals surface area contributed by atoms with Crippen LogP contribution in [0.1, 0.15) is 49.7 Å². The van der Waals surface area contributed by atoms with Crippen molar-refractivity contribution in [2.24, 2.45) is 5.92 Å². The van der Waals surface area contributed by atoms with Crippen LogP contribution in [0.3, 0.4) is 0 Å². The van der Waals surface area contributed by atoms with Crippen LogP contribution in [0.2, 0.25) is 0 Å². The largest absolute Gasteiger partial charge is 0.573 e. The highest BCUT2D eigenvalue weighted by Crippen LogP contribution is 2.40. The van der Waals surface area contributed by atoms with Crippen LogP contribution in [0.5, 0.6) is 5.75 Å². The Hall–Kier alpha value is -3.99. The third-order valence-corrected chi connectivity index (χ3v) is 9.45. The molecule has 1 amide bonds. The van der Waals surface area contributed by atoms with Gasteiger partial charge in [-0.15, -0.1) is 30.0 Å². The number of aryl methyl sites for hydroxylation is 1. The number of aromatic nitrogens is 3. The lowest BCUT2D eigenvalue weighted by Crippen LogP contribution is -2.43. The van der Waals surface area contributed by atoms with Crippen LogP contribution in [-0.4, -0.2) is 44.8 Å². The van der Waals surface area contributed by atoms with Crippen LogP contribution in [0, 0.1) is 5.92 Å². The van der Waals surface area contributed by atoms with Gasteiger partial charge in [0.25, 0.3) is 0 Å². The second-order valence-electron chi connectivity index (χ2n) is 11.2. The molecule has 3 unspecified atom stereocenters. The molecule has 1 saturated heterocycles. The number of nitrogens with one attached hydrogen (secondary N) is 1. The number of ether oxygens (including phenoxy) is 1. The quantitative estimate of drug-likeness (QED) is 0.211. The molecule has 44 heavy (non-hydrogen) atoms. The zero-order chi connectivity index (χ0) is 30.7. The van der Waals surface area contributed by atoms with Crippen LogP contribution >= 0.6 is 11.8 Å². The average molecular weight is 622 g/mol. The summed E-state index contributed by atoms with van der Waals surface area (Å²) in [7, 11) is 0. The molecule has 1 N–H and O–H groups in total. The zero-order valence-corrected chi connectivity index (χ0v) is 25.2. The van der Waals surface area contributed by atoms with Crippen molar-refractivity contribution in [3.63, 3.8) is 0 Å². The van der Waals surface area contributed by atoms with Gasteiger partial charge in [0.05, 0.1) is 5.69 Å². The van der Waals surface area contributed by atoms with E-state index < -0.39 is 6.36 Å². The molecule has 2 heterocycles. The Bertz CT molecular complexity index is 1580. The topological polar surface area (TPSA) is 72.3 Å². The summed E-state index contributed by atoms with van der Waals surface area (Å²) in [4.78, 5) is 19.8. The normalized spacial score (nSPS) is 20.2. The van der Waals surface area contributed by atoms with Gasteiger partial charge in [-0.05, 0) is 79.0 Å².